The number of rotatable bonds is 2. The molecule has 2 aliphatic heterocycles. The molecule has 0 aromatic carbocycles. The third-order valence-electron chi connectivity index (χ3n) is 5.58. The van der Waals surface area contributed by atoms with Gasteiger partial charge in [0.15, 0.2) is 5.78 Å². The molecule has 2 unspecified atom stereocenters. The van der Waals surface area contributed by atoms with Crippen molar-refractivity contribution in [2.24, 2.45) is 5.92 Å². The fourth-order valence-electron chi connectivity index (χ4n) is 4.30. The van der Waals surface area contributed by atoms with Gasteiger partial charge >= 0.3 is 0 Å². The summed E-state index contributed by atoms with van der Waals surface area (Å²) in [5, 5.41) is 0. The molecule has 0 saturated carbocycles. The number of carbonyl (C=O) groups excluding carboxylic acids is 1. The van der Waals surface area contributed by atoms with E-state index in [4.69, 9.17) is 0 Å². The van der Waals surface area contributed by atoms with E-state index in [2.05, 4.69) is 18.0 Å². The molecular formula is C17H27NO. The van der Waals surface area contributed by atoms with E-state index in [0.29, 0.717) is 23.8 Å². The summed E-state index contributed by atoms with van der Waals surface area (Å²) in [5.74, 6) is 0.839. The Kier molecular flexibility index (Phi) is 4.07. The van der Waals surface area contributed by atoms with Gasteiger partial charge in [0, 0.05) is 18.0 Å². The van der Waals surface area contributed by atoms with Crippen LogP contribution in [0.25, 0.3) is 0 Å². The lowest BCUT2D eigenvalue weighted by Gasteiger charge is -2.36. The molecule has 2 nitrogen and oxygen atoms in total. The Labute approximate surface area is 117 Å². The lowest BCUT2D eigenvalue weighted by Crippen LogP contribution is -2.42. The quantitative estimate of drug-likeness (QED) is 0.755. The zero-order chi connectivity index (χ0) is 13.2. The summed E-state index contributed by atoms with van der Waals surface area (Å²) in [4.78, 5) is 15.3. The Hall–Kier alpha value is -0.630. The normalized spacial score (nSPS) is 36.5. The fourth-order valence-corrected chi connectivity index (χ4v) is 4.30. The lowest BCUT2D eigenvalue weighted by atomic mass is 9.82. The Morgan fingerprint density at radius 3 is 2.53 bits per heavy atom. The molecule has 0 N–H and O–H groups in total. The maximum absolute atomic E-state index is 12.8. The van der Waals surface area contributed by atoms with Gasteiger partial charge in [0.05, 0.1) is 0 Å². The molecule has 0 spiro atoms. The van der Waals surface area contributed by atoms with Crippen molar-refractivity contribution in [3.63, 3.8) is 0 Å². The molecule has 0 amide bonds. The fraction of sp³-hybridized carbons (Fsp3) is 0.824. The SMILES string of the molecule is CN1C2CCC1CC(C(=O)C1=CCCCCCC1)C2. The minimum atomic E-state index is 0.333. The van der Waals surface area contributed by atoms with E-state index in [1.807, 2.05) is 0 Å². The van der Waals surface area contributed by atoms with Gasteiger partial charge in [-0.15, -0.1) is 0 Å². The Morgan fingerprint density at radius 1 is 1.11 bits per heavy atom. The first-order valence-corrected chi connectivity index (χ1v) is 8.21. The van der Waals surface area contributed by atoms with Crippen LogP contribution in [0.15, 0.2) is 11.6 Å². The van der Waals surface area contributed by atoms with Crippen LogP contribution >= 0.6 is 0 Å². The van der Waals surface area contributed by atoms with Crippen molar-refractivity contribution in [3.05, 3.63) is 11.6 Å². The molecule has 2 heterocycles. The third kappa shape index (κ3) is 2.79. The Balaban J connectivity index is 1.67. The summed E-state index contributed by atoms with van der Waals surface area (Å²) >= 11 is 0. The lowest BCUT2D eigenvalue weighted by molar-refractivity contribution is -0.121. The van der Waals surface area contributed by atoms with Crippen LogP contribution in [0.3, 0.4) is 0 Å². The number of Topliss-reactive ketones (excluding diaryl/α,β-unsaturated/α-hetero) is 1. The van der Waals surface area contributed by atoms with Crippen LogP contribution in [-0.4, -0.2) is 29.8 Å². The van der Waals surface area contributed by atoms with E-state index < -0.39 is 0 Å². The average Bonchev–Trinajstić information content (AvgIpc) is 2.61. The van der Waals surface area contributed by atoms with Crippen LogP contribution in [0.4, 0.5) is 0 Å². The summed E-state index contributed by atoms with van der Waals surface area (Å²) in [6, 6.07) is 1.36. The van der Waals surface area contributed by atoms with Crippen molar-refractivity contribution in [3.8, 4) is 0 Å². The van der Waals surface area contributed by atoms with E-state index in [1.54, 1.807) is 0 Å². The number of allylic oxidation sites excluding steroid dienone is 2. The average molecular weight is 261 g/mol. The van der Waals surface area contributed by atoms with Crippen LogP contribution in [0.5, 0.6) is 0 Å². The number of piperidine rings is 1. The smallest absolute Gasteiger partial charge is 0.161 e. The minimum absolute atomic E-state index is 0.333. The largest absolute Gasteiger partial charge is 0.300 e. The molecule has 19 heavy (non-hydrogen) atoms. The highest BCUT2D eigenvalue weighted by molar-refractivity contribution is 5.97. The summed E-state index contributed by atoms with van der Waals surface area (Å²) in [6.45, 7) is 0. The second-order valence-electron chi connectivity index (χ2n) is 6.77. The van der Waals surface area contributed by atoms with Gasteiger partial charge in [-0.05, 0) is 64.0 Å². The van der Waals surface area contributed by atoms with Crippen molar-refractivity contribution < 1.29 is 4.79 Å². The molecule has 2 atom stereocenters. The number of ketones is 1. The van der Waals surface area contributed by atoms with E-state index in [0.717, 1.165) is 25.7 Å². The summed E-state index contributed by atoms with van der Waals surface area (Å²) in [7, 11) is 2.25. The number of nitrogens with zero attached hydrogens (tertiary/aromatic N) is 1. The molecule has 106 valence electrons. The van der Waals surface area contributed by atoms with Gasteiger partial charge < -0.3 is 4.90 Å². The highest BCUT2D eigenvalue weighted by atomic mass is 16.1. The molecule has 3 aliphatic rings. The predicted octanol–water partition coefficient (Wildman–Crippen LogP) is 3.71. The van der Waals surface area contributed by atoms with Crippen molar-refractivity contribution in [1.82, 2.24) is 4.90 Å². The van der Waals surface area contributed by atoms with E-state index >= 15 is 0 Å². The van der Waals surface area contributed by atoms with Gasteiger partial charge in [0.1, 0.15) is 0 Å². The highest BCUT2D eigenvalue weighted by Gasteiger charge is 2.41. The monoisotopic (exact) mass is 261 g/mol. The molecule has 2 fully saturated rings. The van der Waals surface area contributed by atoms with Crippen molar-refractivity contribution in [1.29, 1.82) is 0 Å². The van der Waals surface area contributed by atoms with Gasteiger partial charge in [-0.25, -0.2) is 0 Å². The molecule has 0 aromatic rings. The van der Waals surface area contributed by atoms with Crippen molar-refractivity contribution >= 4 is 5.78 Å². The summed E-state index contributed by atoms with van der Waals surface area (Å²) in [6.07, 6.45) is 14.4. The second-order valence-corrected chi connectivity index (χ2v) is 6.77. The Bertz CT molecular complexity index is 359. The third-order valence-corrected chi connectivity index (χ3v) is 5.58. The van der Waals surface area contributed by atoms with Crippen LogP contribution in [0.1, 0.15) is 64.2 Å². The molecular weight excluding hydrogens is 234 g/mol. The number of fused-ring (bicyclic) bond motifs is 2. The maximum Gasteiger partial charge on any atom is 0.161 e. The first-order valence-electron chi connectivity index (χ1n) is 8.21. The predicted molar refractivity (Wildman–Crippen MR) is 78.1 cm³/mol. The van der Waals surface area contributed by atoms with Gasteiger partial charge in [0.2, 0.25) is 0 Å². The number of carbonyl (C=O) groups is 1. The minimum Gasteiger partial charge on any atom is -0.300 e. The van der Waals surface area contributed by atoms with Crippen molar-refractivity contribution in [2.45, 2.75) is 76.3 Å². The first kappa shape index (κ1) is 13.4. The van der Waals surface area contributed by atoms with Crippen LogP contribution < -0.4 is 0 Å². The maximum atomic E-state index is 12.8. The van der Waals surface area contributed by atoms with E-state index in [9.17, 15) is 4.79 Å². The van der Waals surface area contributed by atoms with Crippen LogP contribution in [0, 0.1) is 5.92 Å². The number of hydrogen-bond acceptors (Lipinski definition) is 2. The standard InChI is InChI=1S/C17H27NO/c1-18-15-9-10-16(18)12-14(11-15)17(19)13-7-5-3-2-4-6-8-13/h7,14-16H,2-6,8-12H2,1H3. The molecule has 2 saturated heterocycles. The summed E-state index contributed by atoms with van der Waals surface area (Å²) in [5.41, 5.74) is 1.17. The molecule has 2 bridgehead atoms. The highest BCUT2D eigenvalue weighted by Crippen LogP contribution is 2.39. The summed E-state index contributed by atoms with van der Waals surface area (Å²) < 4.78 is 0. The molecule has 0 radical (unpaired) electrons. The molecule has 2 heteroatoms. The van der Waals surface area contributed by atoms with E-state index in [-0.39, 0.29) is 0 Å². The zero-order valence-electron chi connectivity index (χ0n) is 12.2. The zero-order valence-corrected chi connectivity index (χ0v) is 12.2. The van der Waals surface area contributed by atoms with Crippen molar-refractivity contribution in [2.75, 3.05) is 7.05 Å². The molecule has 3 rings (SSSR count). The van der Waals surface area contributed by atoms with Gasteiger partial charge in [-0.2, -0.15) is 0 Å². The topological polar surface area (TPSA) is 20.3 Å². The number of hydrogen-bond donors (Lipinski definition) is 0. The van der Waals surface area contributed by atoms with Gasteiger partial charge in [-0.3, -0.25) is 4.79 Å². The first-order chi connectivity index (χ1) is 9.25. The van der Waals surface area contributed by atoms with Crippen LogP contribution in [-0.2, 0) is 4.79 Å². The van der Waals surface area contributed by atoms with Crippen LogP contribution in [0.2, 0.25) is 0 Å². The molecule has 1 aliphatic carbocycles. The van der Waals surface area contributed by atoms with Gasteiger partial charge in [-0.1, -0.05) is 18.9 Å². The van der Waals surface area contributed by atoms with E-state index in [1.165, 1.54) is 44.1 Å². The Morgan fingerprint density at radius 2 is 1.79 bits per heavy atom. The molecule has 0 aromatic heterocycles. The second kappa shape index (κ2) is 5.78. The van der Waals surface area contributed by atoms with Gasteiger partial charge in [0.25, 0.3) is 0 Å².